The molecule has 0 atom stereocenters. The maximum atomic E-state index is 12.6. The number of benzene rings is 2. The summed E-state index contributed by atoms with van der Waals surface area (Å²) < 4.78 is 29.2. The van der Waals surface area contributed by atoms with E-state index in [0.29, 0.717) is 11.2 Å². The molecule has 0 saturated carbocycles. The van der Waals surface area contributed by atoms with Gasteiger partial charge in [-0.05, 0) is 34.6 Å². The molecule has 0 radical (unpaired) electrons. The van der Waals surface area contributed by atoms with Gasteiger partial charge in [-0.25, -0.2) is 8.42 Å². The van der Waals surface area contributed by atoms with Crippen molar-refractivity contribution in [2.24, 2.45) is 0 Å². The summed E-state index contributed by atoms with van der Waals surface area (Å²) in [7, 11) is -3.78. The fourth-order valence-corrected chi connectivity index (χ4v) is 3.46. The van der Waals surface area contributed by atoms with Crippen molar-refractivity contribution in [1.29, 1.82) is 0 Å². The molecule has 1 heterocycles. The molecule has 6 heteroatoms. The van der Waals surface area contributed by atoms with Gasteiger partial charge in [0.05, 0.1) is 10.4 Å². The minimum atomic E-state index is -3.78. The minimum Gasteiger partial charge on any atom is -0.571 e. The Kier molecular flexibility index (Phi) is 5.65. The van der Waals surface area contributed by atoms with Crippen LogP contribution in [0.25, 0.3) is 15.6 Å². The van der Waals surface area contributed by atoms with Crippen molar-refractivity contribution in [3.8, 4) is 0 Å². The summed E-state index contributed by atoms with van der Waals surface area (Å²) in [5, 5.41) is 0.858. The van der Waals surface area contributed by atoms with Crippen molar-refractivity contribution in [1.82, 2.24) is 4.98 Å². The first-order valence-corrected chi connectivity index (χ1v) is 9.14. The molecule has 25 heavy (non-hydrogen) atoms. The molecule has 0 aliphatic rings. The molecule has 0 bridgehead atoms. The van der Waals surface area contributed by atoms with E-state index in [1.807, 2.05) is 30.3 Å². The summed E-state index contributed by atoms with van der Waals surface area (Å²) in [6.45, 7) is 6.26. The van der Waals surface area contributed by atoms with Crippen molar-refractivity contribution in [3.05, 3.63) is 71.1 Å². The molecule has 0 amide bonds. The molecule has 0 N–H and O–H groups in total. The zero-order chi connectivity index (χ0) is 17.4. The van der Waals surface area contributed by atoms with Crippen LogP contribution in [0.5, 0.6) is 0 Å². The van der Waals surface area contributed by atoms with Crippen LogP contribution in [0.15, 0.2) is 65.7 Å². The maximum absolute atomic E-state index is 12.6. The van der Waals surface area contributed by atoms with E-state index in [2.05, 4.69) is 30.5 Å². The van der Waals surface area contributed by atoms with Crippen LogP contribution in [0.2, 0.25) is 0 Å². The van der Waals surface area contributed by atoms with Gasteiger partial charge in [0.1, 0.15) is 10.0 Å². The van der Waals surface area contributed by atoms with Gasteiger partial charge < -0.3 is 4.72 Å². The molecule has 3 rings (SSSR count). The predicted molar refractivity (Wildman–Crippen MR) is 97.1 cm³/mol. The topological polar surface area (TPSA) is 61.1 Å². The molecular formula is C19H19N2O2SZn-. The van der Waals surface area contributed by atoms with Crippen molar-refractivity contribution >= 4 is 26.6 Å². The van der Waals surface area contributed by atoms with Gasteiger partial charge in [0.25, 0.3) is 0 Å². The van der Waals surface area contributed by atoms with Crippen molar-refractivity contribution in [2.75, 3.05) is 0 Å². The average molecular weight is 405 g/mol. The summed E-state index contributed by atoms with van der Waals surface area (Å²) >= 11 is 0. The smallest absolute Gasteiger partial charge is 0.123 e. The molecule has 0 aliphatic heterocycles. The van der Waals surface area contributed by atoms with Crippen LogP contribution in [-0.4, -0.2) is 13.4 Å². The Morgan fingerprint density at radius 3 is 2.20 bits per heavy atom. The largest absolute Gasteiger partial charge is 0.571 e. The van der Waals surface area contributed by atoms with Crippen LogP contribution in [0.3, 0.4) is 0 Å². The van der Waals surface area contributed by atoms with E-state index < -0.39 is 10.0 Å². The zero-order valence-corrected chi connectivity index (χ0v) is 18.4. The van der Waals surface area contributed by atoms with Gasteiger partial charge in [-0.15, -0.1) is 5.69 Å². The number of rotatable bonds is 3. The number of sulfonamides is 1. The van der Waals surface area contributed by atoms with Gasteiger partial charge in [0.15, 0.2) is 0 Å². The summed E-state index contributed by atoms with van der Waals surface area (Å²) in [6.07, 6.45) is 1.63. The van der Waals surface area contributed by atoms with E-state index in [4.69, 9.17) is 0 Å². The van der Waals surface area contributed by atoms with E-state index in [9.17, 15) is 8.42 Å². The van der Waals surface area contributed by atoms with Crippen LogP contribution in [0.4, 0.5) is 5.69 Å². The molecular weight excluding hydrogens is 386 g/mol. The van der Waals surface area contributed by atoms with E-state index in [-0.39, 0.29) is 29.8 Å². The summed E-state index contributed by atoms with van der Waals surface area (Å²) in [5.41, 5.74) is 1.98. The maximum Gasteiger partial charge on any atom is 0.123 e. The SMILES string of the molecule is CC(C)(C)c1ccc(S(=O)(=O)[N-]c2cccc3cccnc23)cc1.[Zn]. The number of aromatic nitrogens is 1. The van der Waals surface area contributed by atoms with Gasteiger partial charge in [-0.3, -0.25) is 4.98 Å². The van der Waals surface area contributed by atoms with Gasteiger partial charge >= 0.3 is 0 Å². The molecule has 0 aliphatic carbocycles. The minimum absolute atomic E-state index is 0. The van der Waals surface area contributed by atoms with Crippen LogP contribution in [-0.2, 0) is 34.9 Å². The fourth-order valence-electron chi connectivity index (χ4n) is 2.47. The second-order valence-electron chi connectivity index (χ2n) is 6.69. The van der Waals surface area contributed by atoms with Crippen LogP contribution in [0.1, 0.15) is 26.3 Å². The predicted octanol–water partition coefficient (Wildman–Crippen LogP) is 4.92. The monoisotopic (exact) mass is 403 g/mol. The first-order valence-electron chi connectivity index (χ1n) is 7.70. The third-order valence-electron chi connectivity index (χ3n) is 3.85. The Balaban J connectivity index is 0.00000225. The molecule has 1 aromatic heterocycles. The number of hydrogen-bond donors (Lipinski definition) is 0. The molecule has 0 unspecified atom stereocenters. The first kappa shape index (κ1) is 19.5. The average Bonchev–Trinajstić information content (AvgIpc) is 2.54. The number of nitrogens with zero attached hydrogens (tertiary/aromatic N) is 2. The number of hydrogen-bond acceptors (Lipinski definition) is 3. The third kappa shape index (κ3) is 4.25. The molecule has 0 spiro atoms. The van der Waals surface area contributed by atoms with E-state index in [0.717, 1.165) is 10.9 Å². The zero-order valence-electron chi connectivity index (χ0n) is 14.6. The van der Waals surface area contributed by atoms with Crippen LogP contribution >= 0.6 is 0 Å². The van der Waals surface area contributed by atoms with E-state index in [1.54, 1.807) is 30.5 Å². The van der Waals surface area contributed by atoms with Crippen LogP contribution in [0, 0.1) is 0 Å². The summed E-state index contributed by atoms with van der Waals surface area (Å²) in [5.74, 6) is 0. The molecule has 4 nitrogen and oxygen atoms in total. The molecule has 0 saturated heterocycles. The normalized spacial score (nSPS) is 11.8. The van der Waals surface area contributed by atoms with Crippen molar-refractivity contribution in [3.63, 3.8) is 0 Å². The first-order chi connectivity index (χ1) is 11.3. The van der Waals surface area contributed by atoms with E-state index >= 15 is 0 Å². The summed E-state index contributed by atoms with van der Waals surface area (Å²) in [4.78, 5) is 4.43. The van der Waals surface area contributed by atoms with Gasteiger partial charge in [-0.1, -0.05) is 57.2 Å². The molecule has 126 valence electrons. The second kappa shape index (κ2) is 7.22. The van der Waals surface area contributed by atoms with Gasteiger partial charge in [0.2, 0.25) is 0 Å². The Hall–Kier alpha value is -1.78. The Bertz CT molecular complexity index is 973. The van der Waals surface area contributed by atoms with E-state index in [1.165, 1.54) is 0 Å². The van der Waals surface area contributed by atoms with Gasteiger partial charge in [-0.2, -0.15) is 0 Å². The number of para-hydroxylation sites is 1. The van der Waals surface area contributed by atoms with Crippen LogP contribution < -0.4 is 0 Å². The van der Waals surface area contributed by atoms with Gasteiger partial charge in [0, 0.05) is 25.7 Å². The molecule has 3 aromatic rings. The van der Waals surface area contributed by atoms with Crippen molar-refractivity contribution in [2.45, 2.75) is 31.1 Å². The third-order valence-corrected chi connectivity index (χ3v) is 5.15. The molecule has 2 aromatic carbocycles. The quantitative estimate of drug-likeness (QED) is 0.582. The number of pyridine rings is 1. The standard InChI is InChI=1S/C19H19N2O2S.Zn/c1-19(2,3)15-9-11-16(12-10-15)24(22,23)21-17-8-4-6-14-7-5-13-20-18(14)17;/h4-13H,1-3H3;/q-1;. The fraction of sp³-hybridized carbons (Fsp3) is 0.211. The second-order valence-corrected chi connectivity index (χ2v) is 8.30. The Morgan fingerprint density at radius 2 is 1.56 bits per heavy atom. The number of fused-ring (bicyclic) bond motifs is 1. The summed E-state index contributed by atoms with van der Waals surface area (Å²) in [6, 6.07) is 15.9. The Labute approximate surface area is 161 Å². The van der Waals surface area contributed by atoms with Crippen molar-refractivity contribution < 1.29 is 27.9 Å². The molecule has 0 fully saturated rings. The Morgan fingerprint density at radius 1 is 0.920 bits per heavy atom.